The van der Waals surface area contributed by atoms with Crippen LogP contribution in [0.2, 0.25) is 0 Å². The zero-order chi connectivity index (χ0) is 51.2. The van der Waals surface area contributed by atoms with E-state index in [2.05, 4.69) is 0 Å². The van der Waals surface area contributed by atoms with Crippen LogP contribution in [0.25, 0.3) is 0 Å². The number of carbonyl (C=O) groups excluding carboxylic acids is 5. The van der Waals surface area contributed by atoms with Gasteiger partial charge in [0.1, 0.15) is 31.0 Å². The van der Waals surface area contributed by atoms with Gasteiger partial charge in [-0.25, -0.2) is 24.0 Å². The molecular formula is C58H54O16. The summed E-state index contributed by atoms with van der Waals surface area (Å²) in [4.78, 5) is 70.8. The molecule has 16 heteroatoms. The Hall–Kier alpha value is -7.57. The summed E-state index contributed by atoms with van der Waals surface area (Å²) < 4.78 is 70.8. The van der Waals surface area contributed by atoms with Gasteiger partial charge in [-0.1, -0.05) is 135 Å². The van der Waals surface area contributed by atoms with Crippen molar-refractivity contribution < 1.29 is 76.1 Å². The van der Waals surface area contributed by atoms with Crippen molar-refractivity contribution in [1.29, 1.82) is 0 Å². The molecule has 3 fully saturated rings. The van der Waals surface area contributed by atoms with Crippen molar-refractivity contribution in [3.8, 4) is 0 Å². The number of carbonyl (C=O) groups is 5. The molecule has 11 atom stereocenters. The highest BCUT2D eigenvalue weighted by atomic mass is 16.8. The molecule has 0 spiro atoms. The third-order valence-electron chi connectivity index (χ3n) is 12.4. The lowest BCUT2D eigenvalue weighted by Crippen LogP contribution is -2.68. The second-order valence-electron chi connectivity index (χ2n) is 17.5. The van der Waals surface area contributed by atoms with Crippen LogP contribution in [-0.2, 0) is 52.1 Å². The molecule has 3 heterocycles. The lowest BCUT2D eigenvalue weighted by molar-refractivity contribution is -0.383. The zero-order valence-electron chi connectivity index (χ0n) is 40.2. The minimum absolute atomic E-state index is 0.118. The lowest BCUT2D eigenvalue weighted by Gasteiger charge is -2.50. The number of unbranched alkanes of at least 4 members (excludes halogenated alkanes) is 1. The average molecular weight is 1010 g/mol. The normalized spacial score (nSPS) is 25.3. The summed E-state index contributed by atoms with van der Waals surface area (Å²) in [6.07, 6.45) is -14.4. The van der Waals surface area contributed by atoms with Gasteiger partial charge >= 0.3 is 29.8 Å². The van der Waals surface area contributed by atoms with E-state index in [0.717, 1.165) is 6.42 Å². The number of hydrogen-bond donors (Lipinski definition) is 0. The van der Waals surface area contributed by atoms with Gasteiger partial charge in [0.25, 0.3) is 0 Å². The van der Waals surface area contributed by atoms with E-state index in [0.29, 0.717) is 12.0 Å². The van der Waals surface area contributed by atoms with E-state index in [4.69, 9.17) is 52.1 Å². The van der Waals surface area contributed by atoms with E-state index in [9.17, 15) is 24.0 Å². The molecule has 0 saturated carbocycles. The quantitative estimate of drug-likeness (QED) is 0.0453. The summed E-state index contributed by atoms with van der Waals surface area (Å²) in [5.41, 5.74) is 1.48. The van der Waals surface area contributed by atoms with Crippen LogP contribution in [0.3, 0.4) is 0 Å². The molecule has 6 aromatic carbocycles. The number of esters is 5. The minimum atomic E-state index is -1.74. The molecule has 6 aromatic rings. The molecule has 9 rings (SSSR count). The van der Waals surface area contributed by atoms with Crippen molar-refractivity contribution in [1.82, 2.24) is 0 Å². The SMILES string of the molecule is CCCCO[C@@H]1OC(COC(=O)c2ccccc2)[C@@H](O[C@@H]2OC3COC(c4ccccc4)O[C@@H]3[C@H](OC(=O)c3ccccc3)C2OC(=O)c2ccccc2)[C@H](OC(=O)c2ccccc2)C1OC(=O)c1ccccc1. The Morgan fingerprint density at radius 2 is 0.878 bits per heavy atom. The molecule has 3 aliphatic rings. The first-order chi connectivity index (χ1) is 36.2. The second-order valence-corrected chi connectivity index (χ2v) is 17.5. The Morgan fingerprint density at radius 3 is 1.35 bits per heavy atom. The fraction of sp³-hybridized carbons (Fsp3) is 0.293. The predicted octanol–water partition coefficient (Wildman–Crippen LogP) is 8.51. The molecule has 16 nitrogen and oxygen atoms in total. The maximum Gasteiger partial charge on any atom is 0.338 e. The summed E-state index contributed by atoms with van der Waals surface area (Å²) in [6.45, 7) is 1.39. The first-order valence-electron chi connectivity index (χ1n) is 24.4. The third kappa shape index (κ3) is 12.6. The van der Waals surface area contributed by atoms with Gasteiger partial charge in [0.2, 0.25) is 0 Å². The van der Waals surface area contributed by atoms with Crippen LogP contribution in [-0.4, -0.2) is 111 Å². The summed E-state index contributed by atoms with van der Waals surface area (Å²) >= 11 is 0. The van der Waals surface area contributed by atoms with Crippen molar-refractivity contribution in [3.05, 3.63) is 215 Å². The first-order valence-corrected chi connectivity index (χ1v) is 24.4. The van der Waals surface area contributed by atoms with Gasteiger partial charge < -0.3 is 52.1 Å². The van der Waals surface area contributed by atoms with E-state index in [1.807, 2.05) is 37.3 Å². The van der Waals surface area contributed by atoms with Gasteiger partial charge in [0.15, 0.2) is 43.3 Å². The van der Waals surface area contributed by atoms with Crippen molar-refractivity contribution in [3.63, 3.8) is 0 Å². The summed E-state index contributed by atoms with van der Waals surface area (Å²) in [7, 11) is 0. The Morgan fingerprint density at radius 1 is 0.459 bits per heavy atom. The number of ether oxygens (including phenoxy) is 11. The van der Waals surface area contributed by atoms with Crippen molar-refractivity contribution in [2.45, 2.75) is 87.5 Å². The van der Waals surface area contributed by atoms with Crippen LogP contribution >= 0.6 is 0 Å². The number of fused-ring (bicyclic) bond motifs is 1. The van der Waals surface area contributed by atoms with Crippen molar-refractivity contribution in [2.24, 2.45) is 0 Å². The molecule has 382 valence electrons. The fourth-order valence-corrected chi connectivity index (χ4v) is 8.64. The van der Waals surface area contributed by atoms with E-state index in [1.165, 1.54) is 12.1 Å². The molecule has 0 bridgehead atoms. The zero-order valence-corrected chi connectivity index (χ0v) is 40.2. The monoisotopic (exact) mass is 1010 g/mol. The average Bonchev–Trinajstić information content (AvgIpc) is 3.46. The van der Waals surface area contributed by atoms with Crippen LogP contribution in [0.4, 0.5) is 0 Å². The third-order valence-corrected chi connectivity index (χ3v) is 12.4. The smallest absolute Gasteiger partial charge is 0.338 e. The molecule has 0 amide bonds. The van der Waals surface area contributed by atoms with E-state index < -0.39 is 104 Å². The molecule has 0 N–H and O–H groups in total. The molecular weight excluding hydrogens is 953 g/mol. The highest BCUT2D eigenvalue weighted by Crippen LogP contribution is 2.40. The van der Waals surface area contributed by atoms with Gasteiger partial charge in [-0.15, -0.1) is 0 Å². The second kappa shape index (κ2) is 24.9. The first kappa shape index (κ1) is 51.3. The van der Waals surface area contributed by atoms with Crippen molar-refractivity contribution in [2.75, 3.05) is 19.8 Å². The topological polar surface area (TPSA) is 187 Å². The Kier molecular flexibility index (Phi) is 17.3. The summed E-state index contributed by atoms with van der Waals surface area (Å²) in [5.74, 6) is -4.04. The highest BCUT2D eigenvalue weighted by Gasteiger charge is 2.59. The molecule has 3 aliphatic heterocycles. The van der Waals surface area contributed by atoms with Gasteiger partial charge in [0.05, 0.1) is 34.4 Å². The molecule has 5 unspecified atom stereocenters. The lowest BCUT2D eigenvalue weighted by atomic mass is 9.95. The van der Waals surface area contributed by atoms with Crippen LogP contribution in [0.5, 0.6) is 0 Å². The van der Waals surface area contributed by atoms with Gasteiger partial charge in [0, 0.05) is 12.2 Å². The Balaban J connectivity index is 1.16. The van der Waals surface area contributed by atoms with Gasteiger partial charge in [-0.05, 0) is 67.1 Å². The van der Waals surface area contributed by atoms with Crippen LogP contribution in [0.15, 0.2) is 182 Å². The number of rotatable bonds is 18. The van der Waals surface area contributed by atoms with Crippen LogP contribution in [0.1, 0.15) is 83.4 Å². The predicted molar refractivity (Wildman–Crippen MR) is 262 cm³/mol. The standard InChI is InChI=1S/C58H54O16/c1-2-3-34-64-57-49(71-54(62)40-28-16-7-17-29-40)47(69-52(60)38-24-12-5-13-25-38)46(43(67-57)35-65-51(59)37-22-10-4-11-23-37)74-58-50(72-55(63)41-30-18-8-19-31-41)48(70-53(61)39-26-14-6-15-27-39)45-44(68-58)36-66-56(73-45)42-32-20-9-21-33-42/h4-33,43-50,56-58H,2-3,34-36H2,1H3/t43?,44?,45-,46+,47-,48-,49?,50?,56?,57+,58-/m0/s1. The van der Waals surface area contributed by atoms with Gasteiger partial charge in [-0.3, -0.25) is 0 Å². The summed E-state index contributed by atoms with van der Waals surface area (Å²) in [6, 6.07) is 49.9. The maximum absolute atomic E-state index is 14.4. The number of hydrogen-bond acceptors (Lipinski definition) is 16. The Labute approximate surface area is 427 Å². The molecule has 0 aromatic heterocycles. The van der Waals surface area contributed by atoms with E-state index in [1.54, 1.807) is 140 Å². The number of benzene rings is 6. The minimum Gasteiger partial charge on any atom is -0.459 e. The van der Waals surface area contributed by atoms with Gasteiger partial charge in [-0.2, -0.15) is 0 Å². The van der Waals surface area contributed by atoms with Crippen molar-refractivity contribution >= 4 is 29.8 Å². The molecule has 0 radical (unpaired) electrons. The molecule has 3 saturated heterocycles. The summed E-state index contributed by atoms with van der Waals surface area (Å²) in [5, 5.41) is 0. The van der Waals surface area contributed by atoms with Crippen LogP contribution < -0.4 is 0 Å². The molecule has 0 aliphatic carbocycles. The maximum atomic E-state index is 14.4. The van der Waals surface area contributed by atoms with Crippen LogP contribution in [0, 0.1) is 0 Å². The van der Waals surface area contributed by atoms with E-state index >= 15 is 0 Å². The highest BCUT2D eigenvalue weighted by molar-refractivity contribution is 5.92. The fourth-order valence-electron chi connectivity index (χ4n) is 8.64. The largest absolute Gasteiger partial charge is 0.459 e. The Bertz CT molecular complexity index is 2770. The van der Waals surface area contributed by atoms with E-state index in [-0.39, 0.29) is 41.0 Å². The molecule has 74 heavy (non-hydrogen) atoms.